The van der Waals surface area contributed by atoms with Crippen LogP contribution in [0.5, 0.6) is 5.88 Å². The van der Waals surface area contributed by atoms with E-state index in [1.54, 1.807) is 0 Å². The average molecular weight is 290 g/mol. The van der Waals surface area contributed by atoms with Gasteiger partial charge in [0.25, 0.3) is 0 Å². The maximum Gasteiger partial charge on any atom is 0.228 e. The van der Waals surface area contributed by atoms with Gasteiger partial charge in [-0.2, -0.15) is 4.98 Å². The molecular formula is C16H26N4O. The summed E-state index contributed by atoms with van der Waals surface area (Å²) in [4.78, 5) is 11.4. The third-order valence-corrected chi connectivity index (χ3v) is 4.56. The lowest BCUT2D eigenvalue weighted by molar-refractivity contribution is 0.303. The molecule has 0 saturated carbocycles. The summed E-state index contributed by atoms with van der Waals surface area (Å²) in [5.74, 6) is 1.51. The van der Waals surface area contributed by atoms with Gasteiger partial charge in [-0.25, -0.2) is 4.98 Å². The molecule has 3 rings (SSSR count). The Hall–Kier alpha value is -1.36. The van der Waals surface area contributed by atoms with Crippen molar-refractivity contribution in [2.24, 2.45) is 0 Å². The van der Waals surface area contributed by atoms with Gasteiger partial charge in [0.05, 0.1) is 6.61 Å². The van der Waals surface area contributed by atoms with Gasteiger partial charge in [0.2, 0.25) is 11.8 Å². The zero-order valence-electron chi connectivity index (χ0n) is 13.1. The Morgan fingerprint density at radius 2 is 2.05 bits per heavy atom. The number of aromatic nitrogens is 2. The van der Waals surface area contributed by atoms with E-state index in [-0.39, 0.29) is 0 Å². The molecule has 0 aromatic carbocycles. The van der Waals surface area contributed by atoms with Crippen molar-refractivity contribution < 1.29 is 4.74 Å². The van der Waals surface area contributed by atoms with E-state index in [9.17, 15) is 0 Å². The lowest BCUT2D eigenvalue weighted by Crippen LogP contribution is -2.48. The molecular weight excluding hydrogens is 264 g/mol. The second-order valence-electron chi connectivity index (χ2n) is 6.09. The van der Waals surface area contributed by atoms with Gasteiger partial charge in [0.15, 0.2) is 0 Å². The Morgan fingerprint density at radius 1 is 1.29 bits per heavy atom. The predicted molar refractivity (Wildman–Crippen MR) is 83.8 cm³/mol. The van der Waals surface area contributed by atoms with Crippen molar-refractivity contribution in [2.45, 2.75) is 64.1 Å². The molecule has 1 N–H and O–H groups in total. The summed E-state index contributed by atoms with van der Waals surface area (Å²) in [5.41, 5.74) is 0. The second-order valence-corrected chi connectivity index (χ2v) is 6.09. The van der Waals surface area contributed by atoms with Crippen molar-refractivity contribution in [2.75, 3.05) is 18.1 Å². The van der Waals surface area contributed by atoms with Crippen LogP contribution in [0.3, 0.4) is 0 Å². The highest BCUT2D eigenvalue weighted by atomic mass is 16.5. The Kier molecular flexibility index (Phi) is 4.58. The summed E-state index contributed by atoms with van der Waals surface area (Å²) in [6.07, 6.45) is 7.85. The monoisotopic (exact) mass is 290 g/mol. The number of nitrogens with one attached hydrogen (secondary N) is 1. The molecule has 2 aliphatic rings. The Balaban J connectivity index is 1.73. The highest BCUT2D eigenvalue weighted by Gasteiger charge is 2.36. The molecule has 5 heteroatoms. The largest absolute Gasteiger partial charge is 0.478 e. The molecule has 21 heavy (non-hydrogen) atoms. The van der Waals surface area contributed by atoms with E-state index in [0.29, 0.717) is 30.6 Å². The van der Waals surface area contributed by atoms with E-state index >= 15 is 0 Å². The summed E-state index contributed by atoms with van der Waals surface area (Å²) in [5, 5.41) is 3.70. The van der Waals surface area contributed by atoms with Gasteiger partial charge in [-0.1, -0.05) is 6.92 Å². The topological polar surface area (TPSA) is 50.3 Å². The molecule has 0 amide bonds. The van der Waals surface area contributed by atoms with Gasteiger partial charge in [0, 0.05) is 36.9 Å². The van der Waals surface area contributed by atoms with Gasteiger partial charge >= 0.3 is 0 Å². The maximum absolute atomic E-state index is 5.64. The van der Waals surface area contributed by atoms with Gasteiger partial charge in [-0.3, -0.25) is 0 Å². The van der Waals surface area contributed by atoms with Gasteiger partial charge in [-0.15, -0.1) is 0 Å². The minimum Gasteiger partial charge on any atom is -0.478 e. The summed E-state index contributed by atoms with van der Waals surface area (Å²) in [6.45, 7) is 5.94. The lowest BCUT2D eigenvalue weighted by Gasteiger charge is -2.37. The molecule has 5 nitrogen and oxygen atoms in total. The number of nitrogens with zero attached hydrogens (tertiary/aromatic N) is 3. The minimum absolute atomic E-state index is 0.551. The van der Waals surface area contributed by atoms with Gasteiger partial charge in [0.1, 0.15) is 0 Å². The van der Waals surface area contributed by atoms with Crippen LogP contribution in [0, 0.1) is 0 Å². The number of anilines is 1. The summed E-state index contributed by atoms with van der Waals surface area (Å²) in [6, 6.07) is 3.76. The van der Waals surface area contributed by atoms with Crippen molar-refractivity contribution in [3.63, 3.8) is 0 Å². The summed E-state index contributed by atoms with van der Waals surface area (Å²) in [7, 11) is 0. The van der Waals surface area contributed by atoms with E-state index in [1.807, 2.05) is 12.3 Å². The minimum atomic E-state index is 0.551. The van der Waals surface area contributed by atoms with Crippen LogP contribution in [0.1, 0.15) is 46.0 Å². The second kappa shape index (κ2) is 6.60. The highest BCUT2D eigenvalue weighted by molar-refractivity contribution is 5.34. The van der Waals surface area contributed by atoms with Crippen LogP contribution in [0.15, 0.2) is 12.3 Å². The maximum atomic E-state index is 5.64. The highest BCUT2D eigenvalue weighted by Crippen LogP contribution is 2.31. The standard InChI is InChI=1S/C16H26N4O/c1-3-9-21-15-7-8-17-16(19-15)20(4-2)14-10-12-5-6-13(11-14)18-12/h7-8,12-14,18H,3-6,9-11H2,1-2H3. The van der Waals surface area contributed by atoms with E-state index in [0.717, 1.165) is 18.9 Å². The average Bonchev–Trinajstić information content (AvgIpc) is 2.85. The number of piperidine rings is 1. The first-order valence-electron chi connectivity index (χ1n) is 8.28. The first-order valence-corrected chi connectivity index (χ1v) is 8.28. The summed E-state index contributed by atoms with van der Waals surface area (Å²) < 4.78 is 5.64. The molecule has 2 aliphatic heterocycles. The molecule has 2 atom stereocenters. The van der Waals surface area contributed by atoms with E-state index < -0.39 is 0 Å². The number of hydrogen-bond acceptors (Lipinski definition) is 5. The fourth-order valence-corrected chi connectivity index (χ4v) is 3.60. The Bertz CT molecular complexity index is 455. The number of hydrogen-bond donors (Lipinski definition) is 1. The van der Waals surface area contributed by atoms with Crippen LogP contribution in [0.25, 0.3) is 0 Å². The number of rotatable bonds is 6. The van der Waals surface area contributed by atoms with Gasteiger partial charge < -0.3 is 15.0 Å². The summed E-state index contributed by atoms with van der Waals surface area (Å²) >= 11 is 0. The smallest absolute Gasteiger partial charge is 0.228 e. The van der Waals surface area contributed by atoms with Gasteiger partial charge in [-0.05, 0) is 39.0 Å². The van der Waals surface area contributed by atoms with Crippen LogP contribution >= 0.6 is 0 Å². The van der Waals surface area contributed by atoms with Crippen molar-refractivity contribution >= 4 is 5.95 Å². The molecule has 2 fully saturated rings. The zero-order valence-corrected chi connectivity index (χ0v) is 13.1. The van der Waals surface area contributed by atoms with Crippen molar-refractivity contribution in [1.29, 1.82) is 0 Å². The molecule has 2 bridgehead atoms. The van der Waals surface area contributed by atoms with Crippen molar-refractivity contribution in [3.05, 3.63) is 12.3 Å². The molecule has 1 aromatic rings. The quantitative estimate of drug-likeness (QED) is 0.871. The van der Waals surface area contributed by atoms with E-state index in [1.165, 1.54) is 25.7 Å². The molecule has 116 valence electrons. The fourth-order valence-electron chi connectivity index (χ4n) is 3.60. The number of fused-ring (bicyclic) bond motifs is 2. The van der Waals surface area contributed by atoms with Crippen LogP contribution < -0.4 is 15.0 Å². The van der Waals surface area contributed by atoms with Crippen LogP contribution in [-0.4, -0.2) is 41.2 Å². The molecule has 0 spiro atoms. The third kappa shape index (κ3) is 3.28. The normalized spacial score (nSPS) is 27.6. The van der Waals surface area contributed by atoms with Crippen molar-refractivity contribution in [1.82, 2.24) is 15.3 Å². The first-order chi connectivity index (χ1) is 10.3. The molecule has 2 unspecified atom stereocenters. The lowest BCUT2D eigenvalue weighted by atomic mass is 9.98. The molecule has 0 aliphatic carbocycles. The van der Waals surface area contributed by atoms with E-state index in [4.69, 9.17) is 4.74 Å². The van der Waals surface area contributed by atoms with E-state index in [2.05, 4.69) is 34.0 Å². The first kappa shape index (κ1) is 14.6. The molecule has 2 saturated heterocycles. The molecule has 1 aromatic heterocycles. The van der Waals surface area contributed by atoms with Crippen LogP contribution in [0.4, 0.5) is 5.95 Å². The SMILES string of the molecule is CCCOc1ccnc(N(CC)C2CC3CCC(C2)N3)n1. The number of ether oxygens (including phenoxy) is 1. The zero-order chi connectivity index (χ0) is 14.7. The third-order valence-electron chi connectivity index (χ3n) is 4.56. The van der Waals surface area contributed by atoms with Crippen LogP contribution in [0.2, 0.25) is 0 Å². The van der Waals surface area contributed by atoms with Crippen LogP contribution in [-0.2, 0) is 0 Å². The predicted octanol–water partition coefficient (Wildman–Crippen LogP) is 2.37. The molecule has 3 heterocycles. The fraction of sp³-hybridized carbons (Fsp3) is 0.750. The Morgan fingerprint density at radius 3 is 2.71 bits per heavy atom. The van der Waals surface area contributed by atoms with Crippen molar-refractivity contribution in [3.8, 4) is 5.88 Å². The molecule has 0 radical (unpaired) electrons. The Labute approximate surface area is 127 Å².